The highest BCUT2D eigenvalue weighted by Gasteiger charge is 2.47. The van der Waals surface area contributed by atoms with Crippen molar-refractivity contribution in [3.05, 3.63) is 35.9 Å². The van der Waals surface area contributed by atoms with Crippen LogP contribution in [0.3, 0.4) is 0 Å². The number of rotatable bonds is 2. The standard InChI is InChI=1S/C15H20N2O/c18-14(12-4-2-1-3-5-12)17-13-6-7-15(13)8-10-16-11-9-15/h1-5,13,16H,6-11H2,(H,17,18). The topological polar surface area (TPSA) is 41.1 Å². The van der Waals surface area contributed by atoms with Gasteiger partial charge >= 0.3 is 0 Å². The van der Waals surface area contributed by atoms with Gasteiger partial charge in [0.05, 0.1) is 0 Å². The predicted molar refractivity (Wildman–Crippen MR) is 71.5 cm³/mol. The first kappa shape index (κ1) is 11.7. The van der Waals surface area contributed by atoms with Crippen molar-refractivity contribution in [3.63, 3.8) is 0 Å². The predicted octanol–water partition coefficient (Wildman–Crippen LogP) is 1.95. The van der Waals surface area contributed by atoms with Gasteiger partial charge in [-0.1, -0.05) is 18.2 Å². The molecule has 3 rings (SSSR count). The lowest BCUT2D eigenvalue weighted by Gasteiger charge is -2.52. The monoisotopic (exact) mass is 244 g/mol. The van der Waals surface area contributed by atoms with Crippen molar-refractivity contribution in [2.75, 3.05) is 13.1 Å². The van der Waals surface area contributed by atoms with Gasteiger partial charge in [-0.05, 0) is 56.3 Å². The van der Waals surface area contributed by atoms with Crippen LogP contribution in [0.5, 0.6) is 0 Å². The van der Waals surface area contributed by atoms with E-state index in [1.54, 1.807) is 0 Å². The Morgan fingerprint density at radius 1 is 1.17 bits per heavy atom. The Hall–Kier alpha value is -1.35. The van der Waals surface area contributed by atoms with E-state index in [2.05, 4.69) is 10.6 Å². The van der Waals surface area contributed by atoms with Crippen molar-refractivity contribution in [3.8, 4) is 0 Å². The van der Waals surface area contributed by atoms with Crippen LogP contribution in [-0.2, 0) is 0 Å². The fourth-order valence-corrected chi connectivity index (χ4v) is 3.28. The van der Waals surface area contributed by atoms with Gasteiger partial charge in [-0.2, -0.15) is 0 Å². The van der Waals surface area contributed by atoms with Gasteiger partial charge in [0.15, 0.2) is 0 Å². The summed E-state index contributed by atoms with van der Waals surface area (Å²) in [7, 11) is 0. The number of benzene rings is 1. The first-order valence-electron chi connectivity index (χ1n) is 6.87. The molecule has 1 aliphatic carbocycles. The second kappa shape index (κ2) is 4.73. The minimum absolute atomic E-state index is 0.0817. The summed E-state index contributed by atoms with van der Waals surface area (Å²) in [5.74, 6) is 0.0817. The van der Waals surface area contributed by atoms with Crippen LogP contribution in [-0.4, -0.2) is 25.0 Å². The number of carbonyl (C=O) groups excluding carboxylic acids is 1. The highest BCUT2D eigenvalue weighted by molar-refractivity contribution is 5.94. The maximum absolute atomic E-state index is 12.1. The molecule has 1 heterocycles. The van der Waals surface area contributed by atoms with E-state index >= 15 is 0 Å². The summed E-state index contributed by atoms with van der Waals surface area (Å²) < 4.78 is 0. The van der Waals surface area contributed by atoms with E-state index in [-0.39, 0.29) is 5.91 Å². The first-order chi connectivity index (χ1) is 8.80. The second-order valence-electron chi connectivity index (χ2n) is 5.54. The largest absolute Gasteiger partial charge is 0.349 e. The normalized spacial score (nSPS) is 25.4. The lowest BCUT2D eigenvalue weighted by molar-refractivity contribution is 0.0283. The second-order valence-corrected chi connectivity index (χ2v) is 5.54. The highest BCUT2D eigenvalue weighted by Crippen LogP contribution is 2.47. The molecule has 2 aliphatic rings. The van der Waals surface area contributed by atoms with Crippen molar-refractivity contribution >= 4 is 5.91 Å². The van der Waals surface area contributed by atoms with Crippen LogP contribution >= 0.6 is 0 Å². The van der Waals surface area contributed by atoms with E-state index in [4.69, 9.17) is 0 Å². The molecule has 2 fully saturated rings. The molecule has 1 atom stereocenters. The molecular weight excluding hydrogens is 224 g/mol. The number of carbonyl (C=O) groups is 1. The number of piperidine rings is 1. The maximum atomic E-state index is 12.1. The van der Waals surface area contributed by atoms with E-state index in [9.17, 15) is 4.79 Å². The molecule has 1 aliphatic heterocycles. The Bertz CT molecular complexity index is 423. The van der Waals surface area contributed by atoms with Gasteiger partial charge in [0.2, 0.25) is 0 Å². The lowest BCUT2D eigenvalue weighted by atomic mass is 9.59. The van der Waals surface area contributed by atoms with Crippen LogP contribution in [0.4, 0.5) is 0 Å². The summed E-state index contributed by atoms with van der Waals surface area (Å²) >= 11 is 0. The Labute approximate surface area is 108 Å². The Morgan fingerprint density at radius 2 is 1.89 bits per heavy atom. The first-order valence-corrected chi connectivity index (χ1v) is 6.87. The number of hydrogen-bond acceptors (Lipinski definition) is 2. The zero-order chi connectivity index (χ0) is 12.4. The van der Waals surface area contributed by atoms with E-state index in [0.29, 0.717) is 11.5 Å². The summed E-state index contributed by atoms with van der Waals surface area (Å²) in [5.41, 5.74) is 1.16. The molecule has 3 heteroatoms. The number of amides is 1. The van der Waals surface area contributed by atoms with Gasteiger partial charge < -0.3 is 10.6 Å². The fourth-order valence-electron chi connectivity index (χ4n) is 3.28. The summed E-state index contributed by atoms with van der Waals surface area (Å²) in [6.07, 6.45) is 4.81. The van der Waals surface area contributed by atoms with Gasteiger partial charge in [0.1, 0.15) is 0 Å². The summed E-state index contributed by atoms with van der Waals surface area (Å²) in [6, 6.07) is 9.90. The van der Waals surface area contributed by atoms with Gasteiger partial charge in [0, 0.05) is 11.6 Å². The summed E-state index contributed by atoms with van der Waals surface area (Å²) in [5, 5.41) is 6.63. The van der Waals surface area contributed by atoms with Crippen LogP contribution in [0.2, 0.25) is 0 Å². The van der Waals surface area contributed by atoms with Crippen LogP contribution in [0.15, 0.2) is 30.3 Å². The third-order valence-corrected chi connectivity index (χ3v) is 4.61. The van der Waals surface area contributed by atoms with Gasteiger partial charge in [-0.15, -0.1) is 0 Å². The van der Waals surface area contributed by atoms with Crippen molar-refractivity contribution in [1.29, 1.82) is 0 Å². The van der Waals surface area contributed by atoms with E-state index < -0.39 is 0 Å². The quantitative estimate of drug-likeness (QED) is 0.835. The molecule has 2 N–H and O–H groups in total. The smallest absolute Gasteiger partial charge is 0.251 e. The Morgan fingerprint density at radius 3 is 2.50 bits per heavy atom. The van der Waals surface area contributed by atoms with Crippen LogP contribution in [0, 0.1) is 5.41 Å². The number of nitrogens with one attached hydrogen (secondary N) is 2. The fraction of sp³-hybridized carbons (Fsp3) is 0.533. The van der Waals surface area contributed by atoms with Crippen LogP contribution in [0.1, 0.15) is 36.0 Å². The van der Waals surface area contributed by atoms with Gasteiger partial charge in [-0.3, -0.25) is 4.79 Å². The van der Waals surface area contributed by atoms with Crippen molar-refractivity contribution in [2.24, 2.45) is 5.41 Å². The zero-order valence-electron chi connectivity index (χ0n) is 10.6. The third kappa shape index (κ3) is 2.03. The van der Waals surface area contributed by atoms with E-state index in [1.165, 1.54) is 19.3 Å². The summed E-state index contributed by atoms with van der Waals surface area (Å²) in [4.78, 5) is 12.1. The summed E-state index contributed by atoms with van der Waals surface area (Å²) in [6.45, 7) is 2.19. The van der Waals surface area contributed by atoms with Gasteiger partial charge in [0.25, 0.3) is 5.91 Å². The molecular formula is C15H20N2O. The molecule has 0 aromatic heterocycles. The molecule has 3 nitrogen and oxygen atoms in total. The van der Waals surface area contributed by atoms with Crippen molar-refractivity contribution in [1.82, 2.24) is 10.6 Å². The van der Waals surface area contributed by atoms with Crippen molar-refractivity contribution < 1.29 is 4.79 Å². The SMILES string of the molecule is O=C(NC1CCC12CCNCC2)c1ccccc1. The molecule has 1 amide bonds. The van der Waals surface area contributed by atoms with Crippen LogP contribution < -0.4 is 10.6 Å². The Kier molecular flexibility index (Phi) is 3.08. The maximum Gasteiger partial charge on any atom is 0.251 e. The molecule has 96 valence electrons. The minimum atomic E-state index is 0.0817. The van der Waals surface area contributed by atoms with E-state index in [1.807, 2.05) is 30.3 Å². The average Bonchev–Trinajstić information content (AvgIpc) is 2.45. The number of hydrogen-bond donors (Lipinski definition) is 2. The van der Waals surface area contributed by atoms with Crippen molar-refractivity contribution in [2.45, 2.75) is 31.7 Å². The Balaban J connectivity index is 1.65. The van der Waals surface area contributed by atoms with E-state index in [0.717, 1.165) is 25.1 Å². The molecule has 0 bridgehead atoms. The minimum Gasteiger partial charge on any atom is -0.349 e. The van der Waals surface area contributed by atoms with Gasteiger partial charge in [-0.25, -0.2) is 0 Å². The van der Waals surface area contributed by atoms with Crippen LogP contribution in [0.25, 0.3) is 0 Å². The molecule has 1 spiro atoms. The molecule has 1 aromatic carbocycles. The zero-order valence-corrected chi connectivity index (χ0v) is 10.6. The average molecular weight is 244 g/mol. The molecule has 18 heavy (non-hydrogen) atoms. The molecule has 1 saturated heterocycles. The lowest BCUT2D eigenvalue weighted by Crippen LogP contribution is -2.58. The third-order valence-electron chi connectivity index (χ3n) is 4.61. The molecule has 1 saturated carbocycles. The molecule has 0 radical (unpaired) electrons. The molecule has 1 unspecified atom stereocenters. The highest BCUT2D eigenvalue weighted by atomic mass is 16.1. The molecule has 1 aromatic rings.